The van der Waals surface area contributed by atoms with Gasteiger partial charge >= 0.3 is 0 Å². The molecule has 0 saturated carbocycles. The van der Waals surface area contributed by atoms with Crippen LogP contribution in [0.3, 0.4) is 0 Å². The van der Waals surface area contributed by atoms with Crippen LogP contribution >= 0.6 is 12.4 Å². The molecule has 1 unspecified atom stereocenters. The Hall–Kier alpha value is -1.30. The van der Waals surface area contributed by atoms with Crippen LogP contribution in [0, 0.1) is 5.92 Å². The molecule has 1 amide bonds. The SMILES string of the molecule is Cl.O=C(NCc1ccccc1OCCO)C1CCNC1. The van der Waals surface area contributed by atoms with E-state index in [1.54, 1.807) is 0 Å². The Bertz CT molecular complexity index is 423. The van der Waals surface area contributed by atoms with Crippen LogP contribution in [-0.2, 0) is 11.3 Å². The van der Waals surface area contributed by atoms with Crippen molar-refractivity contribution in [3.05, 3.63) is 29.8 Å². The summed E-state index contributed by atoms with van der Waals surface area (Å²) >= 11 is 0. The number of carbonyl (C=O) groups excluding carboxylic acids is 1. The molecule has 6 heteroatoms. The molecule has 1 aliphatic heterocycles. The molecule has 0 aromatic heterocycles. The van der Waals surface area contributed by atoms with Gasteiger partial charge in [0.1, 0.15) is 12.4 Å². The number of amides is 1. The lowest BCUT2D eigenvalue weighted by Crippen LogP contribution is -2.31. The van der Waals surface area contributed by atoms with Gasteiger partial charge in [-0.05, 0) is 19.0 Å². The van der Waals surface area contributed by atoms with Gasteiger partial charge in [0.25, 0.3) is 0 Å². The quantitative estimate of drug-likeness (QED) is 0.723. The highest BCUT2D eigenvalue weighted by atomic mass is 35.5. The van der Waals surface area contributed by atoms with E-state index in [0.29, 0.717) is 12.3 Å². The number of halogens is 1. The molecule has 112 valence electrons. The molecule has 0 bridgehead atoms. The zero-order chi connectivity index (χ0) is 13.5. The Labute approximate surface area is 125 Å². The third-order valence-corrected chi connectivity index (χ3v) is 3.21. The number of aliphatic hydroxyl groups is 1. The zero-order valence-electron chi connectivity index (χ0n) is 11.3. The number of benzene rings is 1. The van der Waals surface area contributed by atoms with Crippen LogP contribution in [-0.4, -0.2) is 37.3 Å². The molecular weight excluding hydrogens is 280 g/mol. The zero-order valence-corrected chi connectivity index (χ0v) is 12.1. The van der Waals surface area contributed by atoms with Gasteiger partial charge in [-0.2, -0.15) is 0 Å². The number of carbonyl (C=O) groups is 1. The Kier molecular flexibility index (Phi) is 7.36. The Morgan fingerprint density at radius 1 is 1.45 bits per heavy atom. The minimum atomic E-state index is -0.0194. The predicted octanol–water partition coefficient (Wildman–Crippen LogP) is 0.705. The first-order valence-corrected chi connectivity index (χ1v) is 6.61. The fourth-order valence-electron chi connectivity index (χ4n) is 2.15. The normalized spacial score (nSPS) is 17.4. The van der Waals surface area contributed by atoms with Gasteiger partial charge in [0.05, 0.1) is 12.5 Å². The highest BCUT2D eigenvalue weighted by Gasteiger charge is 2.22. The summed E-state index contributed by atoms with van der Waals surface area (Å²) in [6, 6.07) is 7.54. The first-order valence-electron chi connectivity index (χ1n) is 6.61. The lowest BCUT2D eigenvalue weighted by molar-refractivity contribution is -0.124. The maximum atomic E-state index is 11.9. The van der Waals surface area contributed by atoms with Crippen molar-refractivity contribution in [3.8, 4) is 5.75 Å². The van der Waals surface area contributed by atoms with Crippen molar-refractivity contribution in [2.24, 2.45) is 5.92 Å². The summed E-state index contributed by atoms with van der Waals surface area (Å²) in [4.78, 5) is 11.9. The van der Waals surface area contributed by atoms with Crippen LogP contribution in [0.15, 0.2) is 24.3 Å². The molecule has 1 aliphatic rings. The number of aliphatic hydroxyl groups excluding tert-OH is 1. The van der Waals surface area contributed by atoms with Crippen molar-refractivity contribution in [2.75, 3.05) is 26.3 Å². The summed E-state index contributed by atoms with van der Waals surface area (Å²) in [6.45, 7) is 2.37. The van der Waals surface area contributed by atoms with Crippen LogP contribution in [0.4, 0.5) is 0 Å². The van der Waals surface area contributed by atoms with Gasteiger partial charge < -0.3 is 20.5 Å². The van der Waals surface area contributed by atoms with E-state index in [-0.39, 0.29) is 37.4 Å². The molecular formula is C14H21ClN2O3. The van der Waals surface area contributed by atoms with Gasteiger partial charge in [-0.15, -0.1) is 12.4 Å². The predicted molar refractivity (Wildman–Crippen MR) is 79.1 cm³/mol. The fourth-order valence-corrected chi connectivity index (χ4v) is 2.15. The van der Waals surface area contributed by atoms with E-state index in [2.05, 4.69) is 10.6 Å². The number of rotatable bonds is 6. The molecule has 1 saturated heterocycles. The van der Waals surface area contributed by atoms with E-state index >= 15 is 0 Å². The number of hydrogen-bond acceptors (Lipinski definition) is 4. The van der Waals surface area contributed by atoms with Gasteiger partial charge in [0.2, 0.25) is 5.91 Å². The highest BCUT2D eigenvalue weighted by Crippen LogP contribution is 2.18. The van der Waals surface area contributed by atoms with E-state index in [9.17, 15) is 4.79 Å². The van der Waals surface area contributed by atoms with Crippen molar-refractivity contribution in [1.82, 2.24) is 10.6 Å². The van der Waals surface area contributed by atoms with E-state index < -0.39 is 0 Å². The monoisotopic (exact) mass is 300 g/mol. The molecule has 1 heterocycles. The second-order valence-electron chi connectivity index (χ2n) is 4.59. The summed E-state index contributed by atoms with van der Waals surface area (Å²) < 4.78 is 5.43. The summed E-state index contributed by atoms with van der Waals surface area (Å²) in [5.74, 6) is 0.869. The summed E-state index contributed by atoms with van der Waals surface area (Å²) in [6.07, 6.45) is 0.897. The molecule has 3 N–H and O–H groups in total. The molecule has 1 fully saturated rings. The molecule has 0 aliphatic carbocycles. The molecule has 1 aromatic rings. The molecule has 20 heavy (non-hydrogen) atoms. The maximum absolute atomic E-state index is 11.9. The average molecular weight is 301 g/mol. The van der Waals surface area contributed by atoms with Crippen molar-refractivity contribution < 1.29 is 14.6 Å². The second kappa shape index (κ2) is 8.79. The Morgan fingerprint density at radius 2 is 2.25 bits per heavy atom. The Morgan fingerprint density at radius 3 is 2.95 bits per heavy atom. The van der Waals surface area contributed by atoms with Crippen molar-refractivity contribution in [1.29, 1.82) is 0 Å². The van der Waals surface area contributed by atoms with Gasteiger partial charge in [-0.3, -0.25) is 4.79 Å². The third-order valence-electron chi connectivity index (χ3n) is 3.21. The van der Waals surface area contributed by atoms with E-state index in [4.69, 9.17) is 9.84 Å². The molecule has 0 radical (unpaired) electrons. The first-order chi connectivity index (χ1) is 9.31. The second-order valence-corrected chi connectivity index (χ2v) is 4.59. The van der Waals surface area contributed by atoms with E-state index in [1.165, 1.54) is 0 Å². The smallest absolute Gasteiger partial charge is 0.224 e. The van der Waals surface area contributed by atoms with Crippen LogP contribution < -0.4 is 15.4 Å². The van der Waals surface area contributed by atoms with E-state index in [1.807, 2.05) is 24.3 Å². The number of nitrogens with one attached hydrogen (secondary N) is 2. The highest BCUT2D eigenvalue weighted by molar-refractivity contribution is 5.85. The van der Waals surface area contributed by atoms with Crippen LogP contribution in [0.2, 0.25) is 0 Å². The molecule has 0 spiro atoms. The Balaban J connectivity index is 0.00000200. The van der Waals surface area contributed by atoms with E-state index in [0.717, 1.165) is 25.1 Å². The number of ether oxygens (including phenoxy) is 1. The largest absolute Gasteiger partial charge is 0.491 e. The van der Waals surface area contributed by atoms with Gasteiger partial charge in [0.15, 0.2) is 0 Å². The molecule has 2 rings (SSSR count). The lowest BCUT2D eigenvalue weighted by atomic mass is 10.1. The maximum Gasteiger partial charge on any atom is 0.224 e. The lowest BCUT2D eigenvalue weighted by Gasteiger charge is -2.13. The van der Waals surface area contributed by atoms with Crippen LogP contribution in [0.25, 0.3) is 0 Å². The van der Waals surface area contributed by atoms with Gasteiger partial charge in [-0.1, -0.05) is 18.2 Å². The minimum absolute atomic E-state index is 0. The first kappa shape index (κ1) is 16.8. The summed E-state index contributed by atoms with van der Waals surface area (Å²) in [7, 11) is 0. The summed E-state index contributed by atoms with van der Waals surface area (Å²) in [5.41, 5.74) is 0.926. The summed E-state index contributed by atoms with van der Waals surface area (Å²) in [5, 5.41) is 14.9. The molecule has 5 nitrogen and oxygen atoms in total. The number of hydrogen-bond donors (Lipinski definition) is 3. The fraction of sp³-hybridized carbons (Fsp3) is 0.500. The van der Waals surface area contributed by atoms with Crippen LogP contribution in [0.1, 0.15) is 12.0 Å². The van der Waals surface area contributed by atoms with Crippen molar-refractivity contribution in [3.63, 3.8) is 0 Å². The van der Waals surface area contributed by atoms with Crippen molar-refractivity contribution in [2.45, 2.75) is 13.0 Å². The van der Waals surface area contributed by atoms with Gasteiger partial charge in [-0.25, -0.2) is 0 Å². The van der Waals surface area contributed by atoms with Crippen LogP contribution in [0.5, 0.6) is 5.75 Å². The topological polar surface area (TPSA) is 70.6 Å². The average Bonchev–Trinajstić information content (AvgIpc) is 2.97. The van der Waals surface area contributed by atoms with Crippen molar-refractivity contribution >= 4 is 18.3 Å². The minimum Gasteiger partial charge on any atom is -0.491 e. The van der Waals surface area contributed by atoms with Gasteiger partial charge in [0, 0.05) is 18.7 Å². The standard InChI is InChI=1S/C14H20N2O3.ClH/c17-7-8-19-13-4-2-1-3-11(13)10-16-14(18)12-5-6-15-9-12;/h1-4,12,15,17H,5-10H2,(H,16,18);1H. The molecule has 1 atom stereocenters. The number of para-hydroxylation sites is 1. The molecule has 1 aromatic carbocycles. The third kappa shape index (κ3) is 4.67.